The molecule has 0 spiro atoms. The third-order valence-electron chi connectivity index (χ3n) is 4.29. The van der Waals surface area contributed by atoms with Gasteiger partial charge in [0.2, 0.25) is 10.0 Å². The second-order valence-electron chi connectivity index (χ2n) is 6.45. The average molecular weight is 391 g/mol. The summed E-state index contributed by atoms with van der Waals surface area (Å²) in [5.74, 6) is 0.291. The molecule has 2 aromatic carbocycles. The van der Waals surface area contributed by atoms with Crippen LogP contribution >= 0.6 is 0 Å². The van der Waals surface area contributed by atoms with Gasteiger partial charge in [0.15, 0.2) is 6.61 Å². The first-order chi connectivity index (χ1) is 12.7. The van der Waals surface area contributed by atoms with Crippen molar-refractivity contribution < 1.29 is 17.9 Å². The van der Waals surface area contributed by atoms with Crippen LogP contribution < -0.4 is 14.4 Å². The molecule has 0 saturated heterocycles. The molecule has 1 atom stereocenters. The van der Waals surface area contributed by atoms with Crippen LogP contribution in [0.2, 0.25) is 0 Å². The molecular weight excluding hydrogens is 364 g/mol. The van der Waals surface area contributed by atoms with E-state index in [-0.39, 0.29) is 18.6 Å². The highest BCUT2D eigenvalue weighted by Crippen LogP contribution is 2.20. The molecule has 7 heteroatoms. The number of hydrogen-bond acceptors (Lipinski definition) is 4. The Morgan fingerprint density at radius 2 is 1.70 bits per heavy atom. The molecule has 0 aliphatic heterocycles. The molecule has 0 aromatic heterocycles. The lowest BCUT2D eigenvalue weighted by Crippen LogP contribution is -2.32. The van der Waals surface area contributed by atoms with E-state index in [2.05, 4.69) is 5.32 Å². The Balaban J connectivity index is 1.92. The number of benzene rings is 2. The molecule has 6 nitrogen and oxygen atoms in total. The zero-order chi connectivity index (χ0) is 20.0. The van der Waals surface area contributed by atoms with Gasteiger partial charge in [0, 0.05) is 7.05 Å². The fourth-order valence-corrected chi connectivity index (χ4v) is 3.05. The minimum atomic E-state index is -3.31. The number of sulfonamides is 1. The number of nitrogens with one attached hydrogen (secondary N) is 1. The number of anilines is 1. The lowest BCUT2D eigenvalue weighted by molar-refractivity contribution is -0.123. The number of ether oxygens (including phenoxy) is 1. The Labute approximate surface area is 161 Å². The van der Waals surface area contributed by atoms with Crippen LogP contribution in [-0.2, 0) is 14.8 Å². The summed E-state index contributed by atoms with van der Waals surface area (Å²) in [6, 6.07) is 14.6. The van der Waals surface area contributed by atoms with E-state index < -0.39 is 10.0 Å². The summed E-state index contributed by atoms with van der Waals surface area (Å²) in [5, 5.41) is 2.97. The van der Waals surface area contributed by atoms with E-state index in [4.69, 9.17) is 4.74 Å². The summed E-state index contributed by atoms with van der Waals surface area (Å²) < 4.78 is 29.8. The van der Waals surface area contributed by atoms with E-state index in [1.807, 2.05) is 38.1 Å². The van der Waals surface area contributed by atoms with Crippen molar-refractivity contribution in [3.8, 4) is 5.75 Å². The van der Waals surface area contributed by atoms with Gasteiger partial charge in [0.25, 0.3) is 5.91 Å². The third-order valence-corrected chi connectivity index (χ3v) is 5.50. The molecule has 27 heavy (non-hydrogen) atoms. The second kappa shape index (κ2) is 8.90. The summed E-state index contributed by atoms with van der Waals surface area (Å²) in [5.41, 5.74) is 2.76. The average Bonchev–Trinajstić information content (AvgIpc) is 2.64. The molecule has 2 aromatic rings. The van der Waals surface area contributed by atoms with Crippen LogP contribution in [0, 0.1) is 6.92 Å². The van der Waals surface area contributed by atoms with E-state index in [1.54, 1.807) is 24.3 Å². The van der Waals surface area contributed by atoms with E-state index in [1.165, 1.54) is 16.9 Å². The Kier molecular flexibility index (Phi) is 6.85. The molecule has 0 saturated carbocycles. The van der Waals surface area contributed by atoms with Gasteiger partial charge in [-0.05, 0) is 43.2 Å². The molecule has 146 valence electrons. The van der Waals surface area contributed by atoms with Crippen LogP contribution in [0.5, 0.6) is 5.75 Å². The monoisotopic (exact) mass is 390 g/mol. The van der Waals surface area contributed by atoms with Crippen LogP contribution in [0.3, 0.4) is 0 Å². The predicted molar refractivity (Wildman–Crippen MR) is 108 cm³/mol. The fraction of sp³-hybridized carbons (Fsp3) is 0.350. The lowest BCUT2D eigenvalue weighted by Gasteiger charge is -2.18. The predicted octanol–water partition coefficient (Wildman–Crippen LogP) is 3.04. The van der Waals surface area contributed by atoms with Crippen LogP contribution in [0.15, 0.2) is 48.5 Å². The zero-order valence-electron chi connectivity index (χ0n) is 16.1. The number of carbonyl (C=O) groups excluding carboxylic acids is 1. The molecule has 0 aliphatic rings. The summed E-state index contributed by atoms with van der Waals surface area (Å²) in [4.78, 5) is 12.2. The van der Waals surface area contributed by atoms with Gasteiger partial charge in [-0.25, -0.2) is 8.42 Å². The quantitative estimate of drug-likeness (QED) is 0.752. The van der Waals surface area contributed by atoms with Crippen molar-refractivity contribution in [2.24, 2.45) is 0 Å². The highest BCUT2D eigenvalue weighted by atomic mass is 32.2. The molecule has 0 radical (unpaired) electrons. The molecule has 0 bridgehead atoms. The van der Waals surface area contributed by atoms with E-state index in [0.29, 0.717) is 11.4 Å². The number of rotatable bonds is 8. The minimum absolute atomic E-state index is 0.0625. The van der Waals surface area contributed by atoms with E-state index in [0.717, 1.165) is 18.2 Å². The Morgan fingerprint density at radius 1 is 1.11 bits per heavy atom. The first kappa shape index (κ1) is 20.8. The molecule has 1 amide bonds. The minimum Gasteiger partial charge on any atom is -0.484 e. The lowest BCUT2D eigenvalue weighted by atomic mass is 10.0. The zero-order valence-corrected chi connectivity index (χ0v) is 16.9. The van der Waals surface area contributed by atoms with Gasteiger partial charge in [-0.3, -0.25) is 9.10 Å². The number of aryl methyl sites for hydroxylation is 1. The third kappa shape index (κ3) is 5.99. The van der Waals surface area contributed by atoms with Crippen LogP contribution in [-0.4, -0.2) is 34.2 Å². The van der Waals surface area contributed by atoms with Gasteiger partial charge >= 0.3 is 0 Å². The van der Waals surface area contributed by atoms with Crippen molar-refractivity contribution in [2.45, 2.75) is 26.3 Å². The van der Waals surface area contributed by atoms with Crippen molar-refractivity contribution >= 4 is 21.6 Å². The molecule has 0 fully saturated rings. The summed E-state index contributed by atoms with van der Waals surface area (Å²) in [7, 11) is -1.83. The highest BCUT2D eigenvalue weighted by Gasteiger charge is 2.14. The molecule has 1 N–H and O–H groups in total. The van der Waals surface area contributed by atoms with Crippen molar-refractivity contribution in [1.82, 2.24) is 5.32 Å². The van der Waals surface area contributed by atoms with Crippen molar-refractivity contribution in [3.63, 3.8) is 0 Å². The number of amides is 1. The van der Waals surface area contributed by atoms with Crippen LogP contribution in [0.1, 0.15) is 30.5 Å². The van der Waals surface area contributed by atoms with Gasteiger partial charge in [0.1, 0.15) is 5.75 Å². The van der Waals surface area contributed by atoms with Crippen molar-refractivity contribution in [1.29, 1.82) is 0 Å². The second-order valence-corrected chi connectivity index (χ2v) is 8.47. The topological polar surface area (TPSA) is 75.7 Å². The van der Waals surface area contributed by atoms with Gasteiger partial charge in [0.05, 0.1) is 18.0 Å². The SMILES string of the molecule is CC[C@@H](NC(=O)COc1ccc(N(C)S(C)(=O)=O)cc1)c1ccc(C)cc1. The molecule has 2 rings (SSSR count). The number of carbonyl (C=O) groups is 1. The van der Waals surface area contributed by atoms with Gasteiger partial charge in [-0.2, -0.15) is 0 Å². The van der Waals surface area contributed by atoms with E-state index >= 15 is 0 Å². The first-order valence-electron chi connectivity index (χ1n) is 8.73. The Hall–Kier alpha value is -2.54. The maximum absolute atomic E-state index is 12.2. The molecular formula is C20H26N2O4S. The maximum atomic E-state index is 12.2. The van der Waals surface area contributed by atoms with E-state index in [9.17, 15) is 13.2 Å². The van der Waals surface area contributed by atoms with Crippen LogP contribution in [0.25, 0.3) is 0 Å². The standard InChI is InChI=1S/C20H26N2O4S/c1-5-19(16-8-6-15(2)7-9-16)21-20(23)14-26-18-12-10-17(11-13-18)22(3)27(4,24)25/h6-13,19H,5,14H2,1-4H3,(H,21,23)/t19-/m1/s1. The summed E-state index contributed by atoms with van der Waals surface area (Å²) >= 11 is 0. The Bertz CT molecular complexity index is 862. The van der Waals surface area contributed by atoms with Gasteiger partial charge in [-0.1, -0.05) is 36.8 Å². The normalized spacial score (nSPS) is 12.3. The van der Waals surface area contributed by atoms with Gasteiger partial charge < -0.3 is 10.1 Å². The maximum Gasteiger partial charge on any atom is 0.258 e. The number of hydrogen-bond donors (Lipinski definition) is 1. The van der Waals surface area contributed by atoms with Gasteiger partial charge in [-0.15, -0.1) is 0 Å². The van der Waals surface area contributed by atoms with Crippen molar-refractivity contribution in [3.05, 3.63) is 59.7 Å². The fourth-order valence-electron chi connectivity index (χ4n) is 2.55. The smallest absolute Gasteiger partial charge is 0.258 e. The van der Waals surface area contributed by atoms with Crippen LogP contribution in [0.4, 0.5) is 5.69 Å². The molecule has 0 heterocycles. The summed E-state index contributed by atoms with van der Waals surface area (Å²) in [6.07, 6.45) is 1.92. The highest BCUT2D eigenvalue weighted by molar-refractivity contribution is 7.92. The first-order valence-corrected chi connectivity index (χ1v) is 10.6. The molecule has 0 unspecified atom stereocenters. The largest absolute Gasteiger partial charge is 0.484 e. The summed E-state index contributed by atoms with van der Waals surface area (Å²) in [6.45, 7) is 3.93. The van der Waals surface area contributed by atoms with Crippen molar-refractivity contribution in [2.75, 3.05) is 24.2 Å². The Morgan fingerprint density at radius 3 is 2.22 bits per heavy atom. The number of nitrogens with zero attached hydrogens (tertiary/aromatic N) is 1. The molecule has 0 aliphatic carbocycles.